The second-order valence-corrected chi connectivity index (χ2v) is 8.38. The number of methoxy groups -OCH3 is 1. The largest absolute Gasteiger partial charge is 0.481 e. The Labute approximate surface area is 201 Å². The first kappa shape index (κ1) is 25.7. The molecule has 1 saturated heterocycles. The minimum absolute atomic E-state index is 0.00255. The van der Waals surface area contributed by atoms with Gasteiger partial charge in [-0.15, -0.1) is 0 Å². The fraction of sp³-hybridized carbons (Fsp3) is 0.560. The molecule has 0 bridgehead atoms. The lowest BCUT2D eigenvalue weighted by Crippen LogP contribution is -2.40. The fourth-order valence-corrected chi connectivity index (χ4v) is 4.32. The van der Waals surface area contributed by atoms with Gasteiger partial charge in [0.05, 0.1) is 49.1 Å². The molecule has 0 saturated carbocycles. The zero-order valence-electron chi connectivity index (χ0n) is 20.3. The maximum absolute atomic E-state index is 11.5. The molecule has 9 heteroatoms. The Hall–Kier alpha value is -2.91. The van der Waals surface area contributed by atoms with Crippen LogP contribution in [0.2, 0.25) is 0 Å². The van der Waals surface area contributed by atoms with E-state index in [-0.39, 0.29) is 12.3 Å². The van der Waals surface area contributed by atoms with Crippen LogP contribution in [0.15, 0.2) is 30.6 Å². The van der Waals surface area contributed by atoms with Crippen molar-refractivity contribution in [2.75, 3.05) is 50.3 Å². The Kier molecular flexibility index (Phi) is 9.90. The monoisotopic (exact) mass is 472 g/mol. The molecule has 1 atom stereocenters. The summed E-state index contributed by atoms with van der Waals surface area (Å²) in [6.07, 6.45) is 6.33. The van der Waals surface area contributed by atoms with Gasteiger partial charge in [-0.3, -0.25) is 4.79 Å². The van der Waals surface area contributed by atoms with Crippen LogP contribution in [0.3, 0.4) is 0 Å². The van der Waals surface area contributed by atoms with Crippen molar-refractivity contribution in [1.82, 2.24) is 9.97 Å². The smallest absolute Gasteiger partial charge is 0.316 e. The third-order valence-corrected chi connectivity index (χ3v) is 5.87. The van der Waals surface area contributed by atoms with Crippen LogP contribution in [0.5, 0.6) is 6.01 Å². The number of nitrogens with one attached hydrogen (secondary N) is 1. The van der Waals surface area contributed by atoms with Crippen molar-refractivity contribution < 1.29 is 24.1 Å². The summed E-state index contributed by atoms with van der Waals surface area (Å²) in [7, 11) is 1.59. The number of aliphatic carboxylic acids is 1. The van der Waals surface area contributed by atoms with E-state index in [2.05, 4.69) is 33.2 Å². The molecule has 1 aromatic carbocycles. The average molecular weight is 473 g/mol. The minimum atomic E-state index is -0.852. The molecule has 1 fully saturated rings. The topological polar surface area (TPSA) is 106 Å². The van der Waals surface area contributed by atoms with Gasteiger partial charge in [0.2, 0.25) is 0 Å². The van der Waals surface area contributed by atoms with Crippen LogP contribution in [0, 0.1) is 0 Å². The molecular formula is C25H36N4O5. The molecule has 0 radical (unpaired) electrons. The first-order valence-corrected chi connectivity index (χ1v) is 12.0. The predicted molar refractivity (Wildman–Crippen MR) is 131 cm³/mol. The third-order valence-electron chi connectivity index (χ3n) is 5.87. The summed E-state index contributed by atoms with van der Waals surface area (Å²) in [5.41, 5.74) is 3.59. The highest BCUT2D eigenvalue weighted by molar-refractivity contribution is 5.77. The summed E-state index contributed by atoms with van der Waals surface area (Å²) in [5, 5.41) is 12.9. The Morgan fingerprint density at radius 1 is 1.26 bits per heavy atom. The van der Waals surface area contributed by atoms with Crippen LogP contribution < -0.4 is 15.0 Å². The number of anilines is 3. The van der Waals surface area contributed by atoms with Gasteiger partial charge < -0.3 is 29.5 Å². The van der Waals surface area contributed by atoms with E-state index in [9.17, 15) is 9.90 Å². The summed E-state index contributed by atoms with van der Waals surface area (Å²) < 4.78 is 16.3. The molecule has 9 nitrogen and oxygen atoms in total. The number of hydrogen-bond donors (Lipinski definition) is 2. The Balaban J connectivity index is 1.99. The van der Waals surface area contributed by atoms with Crippen molar-refractivity contribution in [1.29, 1.82) is 0 Å². The number of carbonyl (C=O) groups is 1. The van der Waals surface area contributed by atoms with E-state index in [0.717, 1.165) is 61.6 Å². The van der Waals surface area contributed by atoms with Crippen molar-refractivity contribution in [2.24, 2.45) is 0 Å². The lowest BCUT2D eigenvalue weighted by Gasteiger charge is -2.37. The normalized spacial score (nSPS) is 15.0. The number of ether oxygens (including phenoxy) is 3. The maximum Gasteiger partial charge on any atom is 0.316 e. The molecule has 1 aliphatic heterocycles. The molecular weight excluding hydrogens is 436 g/mol. The number of aromatic nitrogens is 2. The van der Waals surface area contributed by atoms with Gasteiger partial charge in [-0.25, -0.2) is 9.97 Å². The number of carboxylic acid groups (broad SMARTS) is 1. The SMILES string of the molecule is CCCN(c1ccc([C@@H](COC)CC(=O)O)cc1Nc1cnc(OCC)nc1)C1CCOCC1. The molecule has 1 aliphatic rings. The van der Waals surface area contributed by atoms with E-state index in [1.165, 1.54) is 0 Å². The van der Waals surface area contributed by atoms with Crippen molar-refractivity contribution in [3.05, 3.63) is 36.2 Å². The van der Waals surface area contributed by atoms with Gasteiger partial charge in [-0.2, -0.15) is 0 Å². The number of hydrogen-bond acceptors (Lipinski definition) is 8. The second-order valence-electron chi connectivity index (χ2n) is 8.38. The quantitative estimate of drug-likeness (QED) is 0.443. The first-order valence-electron chi connectivity index (χ1n) is 12.0. The van der Waals surface area contributed by atoms with E-state index in [1.807, 2.05) is 19.1 Å². The van der Waals surface area contributed by atoms with Gasteiger partial charge in [-0.05, 0) is 43.9 Å². The van der Waals surface area contributed by atoms with Crippen molar-refractivity contribution in [2.45, 2.75) is 51.5 Å². The van der Waals surface area contributed by atoms with Gasteiger partial charge in [0.1, 0.15) is 0 Å². The zero-order chi connectivity index (χ0) is 24.3. The van der Waals surface area contributed by atoms with Crippen LogP contribution in [0.25, 0.3) is 0 Å². The molecule has 0 spiro atoms. The molecule has 2 heterocycles. The maximum atomic E-state index is 11.5. The highest BCUT2D eigenvalue weighted by Crippen LogP contribution is 2.36. The summed E-state index contributed by atoms with van der Waals surface area (Å²) >= 11 is 0. The highest BCUT2D eigenvalue weighted by Gasteiger charge is 2.25. The van der Waals surface area contributed by atoms with Crippen LogP contribution in [-0.2, 0) is 14.3 Å². The lowest BCUT2D eigenvalue weighted by molar-refractivity contribution is -0.137. The number of benzene rings is 1. The van der Waals surface area contributed by atoms with E-state index < -0.39 is 5.97 Å². The molecule has 0 amide bonds. The third kappa shape index (κ3) is 7.04. The summed E-state index contributed by atoms with van der Waals surface area (Å²) in [6, 6.07) is 6.84. The van der Waals surface area contributed by atoms with E-state index in [0.29, 0.717) is 25.3 Å². The fourth-order valence-electron chi connectivity index (χ4n) is 4.32. The molecule has 3 rings (SSSR count). The average Bonchev–Trinajstić information content (AvgIpc) is 2.84. The lowest BCUT2D eigenvalue weighted by atomic mass is 9.94. The second kappa shape index (κ2) is 13.1. The van der Waals surface area contributed by atoms with Crippen LogP contribution in [-0.4, -0.2) is 67.2 Å². The standard InChI is InChI=1S/C25H36N4O5/c1-4-10-29(21-8-11-33-12-9-21)23-7-6-18(19(17-32-3)14-24(30)31)13-22(23)28-20-15-26-25(27-16-20)34-5-2/h6-7,13,15-16,19,21,28H,4-5,8-12,14,17H2,1-3H3,(H,30,31)/t19-/m1/s1. The highest BCUT2D eigenvalue weighted by atomic mass is 16.5. The van der Waals surface area contributed by atoms with Crippen LogP contribution >= 0.6 is 0 Å². The molecule has 2 aromatic rings. The van der Waals surface area contributed by atoms with E-state index >= 15 is 0 Å². The zero-order valence-corrected chi connectivity index (χ0v) is 20.3. The van der Waals surface area contributed by atoms with Gasteiger partial charge in [-0.1, -0.05) is 13.0 Å². The Bertz CT molecular complexity index is 903. The van der Waals surface area contributed by atoms with Crippen molar-refractivity contribution in [3.8, 4) is 6.01 Å². The summed E-state index contributed by atoms with van der Waals surface area (Å²) in [5.74, 6) is -1.10. The first-order chi connectivity index (χ1) is 16.5. The van der Waals surface area contributed by atoms with Crippen molar-refractivity contribution in [3.63, 3.8) is 0 Å². The van der Waals surface area contributed by atoms with Gasteiger partial charge >= 0.3 is 12.0 Å². The Morgan fingerprint density at radius 2 is 2.00 bits per heavy atom. The number of carboxylic acids is 1. The predicted octanol–water partition coefficient (Wildman–Crippen LogP) is 4.22. The van der Waals surface area contributed by atoms with E-state index in [1.54, 1.807) is 19.5 Å². The molecule has 186 valence electrons. The molecule has 0 aliphatic carbocycles. The molecule has 1 aromatic heterocycles. The number of nitrogens with zero attached hydrogens (tertiary/aromatic N) is 3. The molecule has 0 unspecified atom stereocenters. The Morgan fingerprint density at radius 3 is 2.62 bits per heavy atom. The van der Waals surface area contributed by atoms with Gasteiger partial charge in [0, 0.05) is 38.8 Å². The number of rotatable bonds is 13. The summed E-state index contributed by atoms with van der Waals surface area (Å²) in [4.78, 5) is 22.4. The van der Waals surface area contributed by atoms with Crippen LogP contribution in [0.4, 0.5) is 17.1 Å². The van der Waals surface area contributed by atoms with E-state index in [4.69, 9.17) is 14.2 Å². The van der Waals surface area contributed by atoms with Crippen LogP contribution in [0.1, 0.15) is 51.0 Å². The van der Waals surface area contributed by atoms with Gasteiger partial charge in [0.15, 0.2) is 0 Å². The molecule has 34 heavy (non-hydrogen) atoms. The van der Waals surface area contributed by atoms with Gasteiger partial charge in [0.25, 0.3) is 0 Å². The minimum Gasteiger partial charge on any atom is -0.481 e. The van der Waals surface area contributed by atoms with Crippen molar-refractivity contribution >= 4 is 23.0 Å². The summed E-state index contributed by atoms with van der Waals surface area (Å²) in [6.45, 7) is 7.32. The molecule has 2 N–H and O–H groups in total.